The quantitative estimate of drug-likeness (QED) is 0.314. The summed E-state index contributed by atoms with van der Waals surface area (Å²) in [5, 5.41) is 14.6. The molecule has 2 aromatic rings. The number of thiocarbonyl (C=S) groups is 1. The number of methoxy groups -OCH3 is 1. The summed E-state index contributed by atoms with van der Waals surface area (Å²) in [6.45, 7) is 0.0685. The van der Waals surface area contributed by atoms with Crippen LogP contribution in [0.2, 0.25) is 0 Å². The van der Waals surface area contributed by atoms with Crippen LogP contribution < -0.4 is 14.8 Å². The van der Waals surface area contributed by atoms with Crippen molar-refractivity contribution >= 4 is 35.0 Å². The van der Waals surface area contributed by atoms with E-state index in [9.17, 15) is 14.9 Å². The Morgan fingerprint density at radius 1 is 1.27 bits per heavy atom. The van der Waals surface area contributed by atoms with Crippen LogP contribution in [0, 0.1) is 10.1 Å². The highest BCUT2D eigenvalue weighted by atomic mass is 32.1. The molecule has 0 atom stereocenters. The van der Waals surface area contributed by atoms with Gasteiger partial charge >= 0.3 is 5.69 Å². The fourth-order valence-electron chi connectivity index (χ4n) is 3.27. The standard InChI is InChI=1S/C21H19N3O5S/c1-28-18-9-6-13(11-16-20(25)23(15-7-8-15)21(30)22-16)10-14(18)12-29-19-5-3-2-4-17(19)24(26)27/h2-6,9-11,15H,7-8,12H2,1H3,(H,22,30)/b16-11+. The Labute approximate surface area is 178 Å². The van der Waals surface area contributed by atoms with Crippen LogP contribution >= 0.6 is 12.2 Å². The minimum absolute atomic E-state index is 0.0685. The van der Waals surface area contributed by atoms with Crippen molar-refractivity contribution in [1.29, 1.82) is 0 Å². The minimum atomic E-state index is -0.487. The molecule has 0 bridgehead atoms. The van der Waals surface area contributed by atoms with Gasteiger partial charge in [0.1, 0.15) is 18.1 Å². The third-order valence-corrected chi connectivity index (χ3v) is 5.18. The molecule has 2 fully saturated rings. The zero-order chi connectivity index (χ0) is 21.3. The molecule has 1 N–H and O–H groups in total. The van der Waals surface area contributed by atoms with Crippen LogP contribution in [-0.2, 0) is 11.4 Å². The maximum absolute atomic E-state index is 12.6. The van der Waals surface area contributed by atoms with Gasteiger partial charge in [0, 0.05) is 17.7 Å². The molecule has 0 unspecified atom stereocenters. The van der Waals surface area contributed by atoms with Crippen molar-refractivity contribution in [3.8, 4) is 11.5 Å². The fraction of sp³-hybridized carbons (Fsp3) is 0.238. The van der Waals surface area contributed by atoms with Crippen LogP contribution in [0.15, 0.2) is 48.2 Å². The first kappa shape index (κ1) is 19.8. The molecular formula is C21H19N3O5S. The summed E-state index contributed by atoms with van der Waals surface area (Å²) in [7, 11) is 1.54. The number of para-hydroxylation sites is 2. The Morgan fingerprint density at radius 2 is 2.03 bits per heavy atom. The highest BCUT2D eigenvalue weighted by Gasteiger charge is 2.41. The Bertz CT molecular complexity index is 1060. The van der Waals surface area contributed by atoms with Gasteiger partial charge < -0.3 is 14.8 Å². The zero-order valence-corrected chi connectivity index (χ0v) is 17.0. The molecule has 1 amide bonds. The average molecular weight is 425 g/mol. The van der Waals surface area contributed by atoms with E-state index in [-0.39, 0.29) is 30.0 Å². The molecule has 154 valence electrons. The van der Waals surface area contributed by atoms with Crippen molar-refractivity contribution in [2.45, 2.75) is 25.5 Å². The summed E-state index contributed by atoms with van der Waals surface area (Å²) in [6, 6.07) is 11.8. The Balaban J connectivity index is 1.56. The van der Waals surface area contributed by atoms with Crippen molar-refractivity contribution in [3.05, 3.63) is 69.4 Å². The normalized spacial score (nSPS) is 17.2. The van der Waals surface area contributed by atoms with Gasteiger partial charge in [0.25, 0.3) is 5.91 Å². The number of rotatable bonds is 7. The van der Waals surface area contributed by atoms with Crippen LogP contribution in [0.3, 0.4) is 0 Å². The molecule has 30 heavy (non-hydrogen) atoms. The smallest absolute Gasteiger partial charge is 0.310 e. The number of ether oxygens (including phenoxy) is 2. The SMILES string of the molecule is COc1ccc(/C=C2/NC(=S)N(C3CC3)C2=O)cc1COc1ccccc1[N+](=O)[O-]. The highest BCUT2D eigenvalue weighted by Crippen LogP contribution is 2.32. The lowest BCUT2D eigenvalue weighted by atomic mass is 10.1. The highest BCUT2D eigenvalue weighted by molar-refractivity contribution is 7.80. The number of amides is 1. The van der Waals surface area contributed by atoms with Gasteiger partial charge in [0.2, 0.25) is 0 Å². The predicted octanol–water partition coefficient (Wildman–Crippen LogP) is 3.40. The largest absolute Gasteiger partial charge is 0.496 e. The molecule has 1 saturated heterocycles. The lowest BCUT2D eigenvalue weighted by Crippen LogP contribution is -2.32. The molecule has 1 aliphatic heterocycles. The fourth-order valence-corrected chi connectivity index (χ4v) is 3.61. The Hall–Kier alpha value is -3.46. The third-order valence-electron chi connectivity index (χ3n) is 4.88. The van der Waals surface area contributed by atoms with E-state index in [4.69, 9.17) is 21.7 Å². The summed E-state index contributed by atoms with van der Waals surface area (Å²) in [5.41, 5.74) is 1.76. The molecule has 0 radical (unpaired) electrons. The van der Waals surface area contributed by atoms with Crippen LogP contribution in [0.25, 0.3) is 6.08 Å². The van der Waals surface area contributed by atoms with E-state index < -0.39 is 4.92 Å². The maximum atomic E-state index is 12.6. The second kappa shape index (κ2) is 8.11. The van der Waals surface area contributed by atoms with Crippen LogP contribution in [-0.4, -0.2) is 34.0 Å². The third kappa shape index (κ3) is 3.97. The Kier molecular flexibility index (Phi) is 5.37. The predicted molar refractivity (Wildman–Crippen MR) is 114 cm³/mol. The molecule has 1 saturated carbocycles. The molecule has 0 aromatic heterocycles. The van der Waals surface area contributed by atoms with Gasteiger partial charge in [-0.25, -0.2) is 0 Å². The Morgan fingerprint density at radius 3 is 2.73 bits per heavy atom. The molecule has 1 heterocycles. The molecular weight excluding hydrogens is 406 g/mol. The number of nitrogens with one attached hydrogen (secondary N) is 1. The first-order valence-corrected chi connectivity index (χ1v) is 9.78. The second-order valence-corrected chi connectivity index (χ2v) is 7.37. The van der Waals surface area contributed by atoms with Crippen LogP contribution in [0.1, 0.15) is 24.0 Å². The number of hydrogen-bond acceptors (Lipinski definition) is 6. The molecule has 4 rings (SSSR count). The van der Waals surface area contributed by atoms with E-state index in [2.05, 4.69) is 5.32 Å². The van der Waals surface area contributed by atoms with Crippen molar-refractivity contribution in [3.63, 3.8) is 0 Å². The maximum Gasteiger partial charge on any atom is 0.310 e. The number of carbonyl (C=O) groups excluding carboxylic acids is 1. The molecule has 8 nitrogen and oxygen atoms in total. The minimum Gasteiger partial charge on any atom is -0.496 e. The number of nitro benzene ring substituents is 1. The van der Waals surface area contributed by atoms with E-state index in [1.807, 2.05) is 12.1 Å². The number of carbonyl (C=O) groups is 1. The van der Waals surface area contributed by atoms with E-state index >= 15 is 0 Å². The summed E-state index contributed by atoms with van der Waals surface area (Å²) < 4.78 is 11.1. The number of benzene rings is 2. The van der Waals surface area contributed by atoms with Crippen molar-refractivity contribution < 1.29 is 19.2 Å². The van der Waals surface area contributed by atoms with Gasteiger partial charge in [-0.05, 0) is 54.9 Å². The molecule has 9 heteroatoms. The van der Waals surface area contributed by atoms with Crippen molar-refractivity contribution in [1.82, 2.24) is 10.2 Å². The van der Waals surface area contributed by atoms with E-state index in [0.717, 1.165) is 18.4 Å². The molecule has 2 aromatic carbocycles. The summed E-state index contributed by atoms with van der Waals surface area (Å²) in [4.78, 5) is 24.9. The van der Waals surface area contributed by atoms with Gasteiger partial charge in [-0.3, -0.25) is 19.8 Å². The first-order valence-electron chi connectivity index (χ1n) is 9.37. The summed E-state index contributed by atoms with van der Waals surface area (Å²) >= 11 is 5.28. The molecule has 1 aliphatic carbocycles. The van der Waals surface area contributed by atoms with Gasteiger partial charge in [-0.2, -0.15) is 0 Å². The number of hydrogen-bond donors (Lipinski definition) is 1. The first-order chi connectivity index (χ1) is 14.5. The zero-order valence-electron chi connectivity index (χ0n) is 16.2. The van der Waals surface area contributed by atoms with Gasteiger partial charge in [0.05, 0.1) is 12.0 Å². The van der Waals surface area contributed by atoms with Gasteiger partial charge in [-0.1, -0.05) is 18.2 Å². The molecule has 2 aliphatic rings. The number of nitro groups is 1. The summed E-state index contributed by atoms with van der Waals surface area (Å²) in [5.74, 6) is 0.624. The summed E-state index contributed by atoms with van der Waals surface area (Å²) in [6.07, 6.45) is 3.66. The van der Waals surface area contributed by atoms with Gasteiger partial charge in [-0.15, -0.1) is 0 Å². The lowest BCUT2D eigenvalue weighted by Gasteiger charge is -2.12. The average Bonchev–Trinajstić information content (AvgIpc) is 3.52. The van der Waals surface area contributed by atoms with Crippen molar-refractivity contribution in [2.75, 3.05) is 7.11 Å². The van der Waals surface area contributed by atoms with E-state index in [1.54, 1.807) is 35.2 Å². The number of nitrogens with zero attached hydrogens (tertiary/aromatic N) is 2. The van der Waals surface area contributed by atoms with E-state index in [0.29, 0.717) is 22.1 Å². The molecule has 0 spiro atoms. The lowest BCUT2D eigenvalue weighted by molar-refractivity contribution is -0.385. The topological polar surface area (TPSA) is 93.9 Å². The van der Waals surface area contributed by atoms with E-state index in [1.165, 1.54) is 13.2 Å². The van der Waals surface area contributed by atoms with Crippen molar-refractivity contribution in [2.24, 2.45) is 0 Å². The second-order valence-electron chi connectivity index (χ2n) is 6.98. The monoisotopic (exact) mass is 425 g/mol. The van der Waals surface area contributed by atoms with Crippen LogP contribution in [0.5, 0.6) is 11.5 Å². The van der Waals surface area contributed by atoms with Gasteiger partial charge in [0.15, 0.2) is 10.9 Å². The van der Waals surface area contributed by atoms with Crippen LogP contribution in [0.4, 0.5) is 5.69 Å².